The SMILES string of the molecule is COc1ccccc1Nc1ncccc1C(=O)N(C)Cc1cccnc1. The number of nitrogens with one attached hydrogen (secondary N) is 1. The van der Waals surface area contributed by atoms with E-state index in [1.807, 2.05) is 36.4 Å². The van der Waals surface area contributed by atoms with Gasteiger partial charge in [0.25, 0.3) is 5.91 Å². The number of aromatic nitrogens is 2. The van der Waals surface area contributed by atoms with Crippen molar-refractivity contribution in [2.24, 2.45) is 0 Å². The van der Waals surface area contributed by atoms with E-state index < -0.39 is 0 Å². The van der Waals surface area contributed by atoms with Gasteiger partial charge < -0.3 is 15.0 Å². The van der Waals surface area contributed by atoms with Gasteiger partial charge in [-0.05, 0) is 35.9 Å². The predicted molar refractivity (Wildman–Crippen MR) is 101 cm³/mol. The van der Waals surface area contributed by atoms with Crippen molar-refractivity contribution in [2.45, 2.75) is 6.54 Å². The lowest BCUT2D eigenvalue weighted by Gasteiger charge is -2.19. The number of para-hydroxylation sites is 2. The zero-order chi connectivity index (χ0) is 18.4. The van der Waals surface area contributed by atoms with Crippen molar-refractivity contribution in [3.8, 4) is 5.75 Å². The van der Waals surface area contributed by atoms with Crippen LogP contribution in [0.1, 0.15) is 15.9 Å². The summed E-state index contributed by atoms with van der Waals surface area (Å²) < 4.78 is 5.35. The highest BCUT2D eigenvalue weighted by Crippen LogP contribution is 2.28. The molecule has 3 aromatic rings. The molecule has 0 fully saturated rings. The number of rotatable bonds is 6. The van der Waals surface area contributed by atoms with Crippen molar-refractivity contribution in [3.63, 3.8) is 0 Å². The minimum absolute atomic E-state index is 0.126. The molecule has 3 rings (SSSR count). The van der Waals surface area contributed by atoms with Crippen molar-refractivity contribution < 1.29 is 9.53 Å². The molecule has 132 valence electrons. The number of benzene rings is 1. The molecule has 6 nitrogen and oxygen atoms in total. The highest BCUT2D eigenvalue weighted by atomic mass is 16.5. The van der Waals surface area contributed by atoms with E-state index in [9.17, 15) is 4.79 Å². The fraction of sp³-hybridized carbons (Fsp3) is 0.150. The number of anilines is 2. The fourth-order valence-electron chi connectivity index (χ4n) is 2.60. The van der Waals surface area contributed by atoms with Gasteiger partial charge >= 0.3 is 0 Å². The van der Waals surface area contributed by atoms with Crippen molar-refractivity contribution in [2.75, 3.05) is 19.5 Å². The van der Waals surface area contributed by atoms with Crippen molar-refractivity contribution in [1.82, 2.24) is 14.9 Å². The minimum atomic E-state index is -0.126. The number of pyridine rings is 2. The molecule has 1 aromatic carbocycles. The first-order valence-corrected chi connectivity index (χ1v) is 8.18. The average molecular weight is 348 g/mol. The molecule has 1 amide bonds. The topological polar surface area (TPSA) is 67.3 Å². The predicted octanol–water partition coefficient (Wildman–Crippen LogP) is 3.50. The normalized spacial score (nSPS) is 10.2. The molecule has 0 aliphatic rings. The zero-order valence-corrected chi connectivity index (χ0v) is 14.7. The minimum Gasteiger partial charge on any atom is -0.495 e. The molecule has 6 heteroatoms. The Labute approximate surface area is 152 Å². The van der Waals surface area contributed by atoms with Crippen LogP contribution in [-0.2, 0) is 6.54 Å². The quantitative estimate of drug-likeness (QED) is 0.738. The third kappa shape index (κ3) is 3.97. The molecule has 0 unspecified atom stereocenters. The Morgan fingerprint density at radius 1 is 1.12 bits per heavy atom. The highest BCUT2D eigenvalue weighted by molar-refractivity contribution is 5.99. The van der Waals surface area contributed by atoms with Crippen LogP contribution in [0.4, 0.5) is 11.5 Å². The second-order valence-corrected chi connectivity index (χ2v) is 5.75. The summed E-state index contributed by atoms with van der Waals surface area (Å²) in [4.78, 5) is 23.0. The van der Waals surface area contributed by atoms with Gasteiger partial charge in [0.2, 0.25) is 0 Å². The summed E-state index contributed by atoms with van der Waals surface area (Å²) >= 11 is 0. The van der Waals surface area contributed by atoms with Gasteiger partial charge in [0.15, 0.2) is 0 Å². The number of nitrogens with zero attached hydrogens (tertiary/aromatic N) is 3. The van der Waals surface area contributed by atoms with Gasteiger partial charge in [-0.15, -0.1) is 0 Å². The molecule has 2 heterocycles. The molecule has 0 saturated heterocycles. The molecule has 0 saturated carbocycles. The third-order valence-corrected chi connectivity index (χ3v) is 3.89. The summed E-state index contributed by atoms with van der Waals surface area (Å²) in [6.07, 6.45) is 5.11. The van der Waals surface area contributed by atoms with E-state index in [0.29, 0.717) is 23.7 Å². The number of amides is 1. The van der Waals surface area contributed by atoms with Crippen molar-refractivity contribution in [1.29, 1.82) is 0 Å². The zero-order valence-electron chi connectivity index (χ0n) is 14.7. The largest absolute Gasteiger partial charge is 0.495 e. The van der Waals surface area contributed by atoms with Gasteiger partial charge in [-0.25, -0.2) is 4.98 Å². The Balaban J connectivity index is 1.83. The Kier molecular flexibility index (Phi) is 5.43. The van der Waals surface area contributed by atoms with Gasteiger partial charge in [-0.2, -0.15) is 0 Å². The molecule has 0 bridgehead atoms. The van der Waals surface area contributed by atoms with Crippen LogP contribution < -0.4 is 10.1 Å². The number of hydrogen-bond donors (Lipinski definition) is 1. The van der Waals surface area contributed by atoms with E-state index in [4.69, 9.17) is 4.74 Å². The summed E-state index contributed by atoms with van der Waals surface area (Å²) in [6, 6.07) is 14.8. The molecule has 0 aliphatic carbocycles. The van der Waals surface area contributed by atoms with Crippen LogP contribution in [0, 0.1) is 0 Å². The molecular weight excluding hydrogens is 328 g/mol. The molecule has 26 heavy (non-hydrogen) atoms. The first kappa shape index (κ1) is 17.4. The summed E-state index contributed by atoms with van der Waals surface area (Å²) in [6.45, 7) is 0.468. The fourth-order valence-corrected chi connectivity index (χ4v) is 2.60. The monoisotopic (exact) mass is 348 g/mol. The van der Waals surface area contributed by atoms with Crippen LogP contribution in [0.25, 0.3) is 0 Å². The number of methoxy groups -OCH3 is 1. The Hall–Kier alpha value is -3.41. The van der Waals surface area contributed by atoms with E-state index in [0.717, 1.165) is 11.3 Å². The maximum absolute atomic E-state index is 12.9. The summed E-state index contributed by atoms with van der Waals surface area (Å²) in [5, 5.41) is 3.20. The number of carbonyl (C=O) groups excluding carboxylic acids is 1. The highest BCUT2D eigenvalue weighted by Gasteiger charge is 2.18. The van der Waals surface area contributed by atoms with Gasteiger partial charge in [-0.3, -0.25) is 9.78 Å². The van der Waals surface area contributed by atoms with E-state index in [1.54, 1.807) is 49.8 Å². The molecule has 2 aromatic heterocycles. The molecular formula is C20H20N4O2. The van der Waals surface area contributed by atoms with E-state index in [1.165, 1.54) is 0 Å². The van der Waals surface area contributed by atoms with Gasteiger partial charge in [0, 0.05) is 32.2 Å². The van der Waals surface area contributed by atoms with Gasteiger partial charge in [-0.1, -0.05) is 18.2 Å². The van der Waals surface area contributed by atoms with Crippen molar-refractivity contribution in [3.05, 3.63) is 78.2 Å². The number of carbonyl (C=O) groups is 1. The number of ether oxygens (including phenoxy) is 1. The van der Waals surface area contributed by atoms with Crippen molar-refractivity contribution >= 4 is 17.4 Å². The maximum atomic E-state index is 12.9. The van der Waals surface area contributed by atoms with E-state index in [2.05, 4.69) is 15.3 Å². The molecule has 0 atom stereocenters. The van der Waals surface area contributed by atoms with Gasteiger partial charge in [0.05, 0.1) is 18.4 Å². The van der Waals surface area contributed by atoms with E-state index >= 15 is 0 Å². The van der Waals surface area contributed by atoms with E-state index in [-0.39, 0.29) is 5.91 Å². The second kappa shape index (κ2) is 8.11. The summed E-state index contributed by atoms with van der Waals surface area (Å²) in [7, 11) is 3.36. The first-order chi connectivity index (χ1) is 12.7. The molecule has 0 spiro atoms. The Bertz CT molecular complexity index is 884. The molecule has 1 N–H and O–H groups in total. The standard InChI is InChI=1S/C20H20N4O2/c1-24(14-15-7-5-11-21-13-15)20(25)16-8-6-12-22-19(16)23-17-9-3-4-10-18(17)26-2/h3-13H,14H2,1-2H3,(H,22,23). The first-order valence-electron chi connectivity index (χ1n) is 8.18. The molecule has 0 aliphatic heterocycles. The van der Waals surface area contributed by atoms with Crippen LogP contribution in [0.2, 0.25) is 0 Å². The lowest BCUT2D eigenvalue weighted by Crippen LogP contribution is -2.27. The summed E-state index contributed by atoms with van der Waals surface area (Å²) in [5.41, 5.74) is 2.20. The lowest BCUT2D eigenvalue weighted by molar-refractivity contribution is 0.0785. The van der Waals surface area contributed by atoms with Crippen LogP contribution in [0.5, 0.6) is 5.75 Å². The van der Waals surface area contributed by atoms with Crippen LogP contribution in [-0.4, -0.2) is 34.9 Å². The average Bonchev–Trinajstić information content (AvgIpc) is 2.69. The maximum Gasteiger partial charge on any atom is 0.257 e. The van der Waals surface area contributed by atoms with Crippen LogP contribution in [0.15, 0.2) is 67.1 Å². The Morgan fingerprint density at radius 3 is 2.69 bits per heavy atom. The summed E-state index contributed by atoms with van der Waals surface area (Å²) in [5.74, 6) is 1.04. The van der Waals surface area contributed by atoms with Crippen LogP contribution >= 0.6 is 0 Å². The molecule has 0 radical (unpaired) electrons. The smallest absolute Gasteiger partial charge is 0.257 e. The number of hydrogen-bond acceptors (Lipinski definition) is 5. The van der Waals surface area contributed by atoms with Crippen LogP contribution in [0.3, 0.4) is 0 Å². The van der Waals surface area contributed by atoms with Gasteiger partial charge in [0.1, 0.15) is 11.6 Å². The lowest BCUT2D eigenvalue weighted by atomic mass is 10.2. The second-order valence-electron chi connectivity index (χ2n) is 5.75. The third-order valence-electron chi connectivity index (χ3n) is 3.89. The Morgan fingerprint density at radius 2 is 1.92 bits per heavy atom.